The topological polar surface area (TPSA) is 148 Å². The van der Waals surface area contributed by atoms with Gasteiger partial charge < -0.3 is 27.4 Å². The van der Waals surface area contributed by atoms with Gasteiger partial charge in [0.2, 0.25) is 11.8 Å². The fraction of sp³-hybridized carbons (Fsp3) is 0.812. The van der Waals surface area contributed by atoms with E-state index in [1.807, 2.05) is 13.8 Å². The summed E-state index contributed by atoms with van der Waals surface area (Å²) in [4.78, 5) is 38.2. The predicted molar refractivity (Wildman–Crippen MR) is 89.0 cm³/mol. The Hall–Kier alpha value is -1.67. The molecule has 0 aromatic rings. The van der Waals surface area contributed by atoms with Gasteiger partial charge in [0, 0.05) is 13.0 Å². The van der Waals surface area contributed by atoms with Crippen molar-refractivity contribution in [1.29, 1.82) is 0 Å². The Bertz CT molecular complexity index is 455. The van der Waals surface area contributed by atoms with Crippen molar-refractivity contribution in [3.05, 3.63) is 0 Å². The fourth-order valence-corrected chi connectivity index (χ4v) is 3.04. The van der Waals surface area contributed by atoms with Gasteiger partial charge in [-0.1, -0.05) is 13.8 Å². The molecule has 138 valence electrons. The average molecular weight is 343 g/mol. The number of rotatable bonds is 9. The summed E-state index contributed by atoms with van der Waals surface area (Å²) in [6.45, 7) is 5.05. The Morgan fingerprint density at radius 3 is 2.50 bits per heavy atom. The third-order valence-corrected chi connectivity index (χ3v) is 4.51. The molecule has 0 radical (unpaired) electrons. The number of nitrogens with two attached hydrogens (primary N) is 1. The van der Waals surface area contributed by atoms with Gasteiger partial charge >= 0.3 is 0 Å². The largest absolute Gasteiger partial charge is 0.368 e. The minimum absolute atomic E-state index is 0.0862. The van der Waals surface area contributed by atoms with Crippen LogP contribution in [0.5, 0.6) is 0 Å². The predicted octanol–water partition coefficient (Wildman–Crippen LogP) is -2.37. The smallest absolute Gasteiger partial charge is 0.281 e. The first-order valence-electron chi connectivity index (χ1n) is 8.82. The highest BCUT2D eigenvalue weighted by Crippen LogP contribution is 2.19. The minimum Gasteiger partial charge on any atom is -0.368 e. The van der Waals surface area contributed by atoms with Crippen molar-refractivity contribution in [2.45, 2.75) is 64.1 Å². The maximum Gasteiger partial charge on any atom is 0.281 e. The van der Waals surface area contributed by atoms with Gasteiger partial charge in [0.1, 0.15) is 12.1 Å². The minimum atomic E-state index is -0.720. The van der Waals surface area contributed by atoms with Crippen LogP contribution in [0.15, 0.2) is 0 Å². The molecule has 0 saturated carbocycles. The van der Waals surface area contributed by atoms with E-state index in [-0.39, 0.29) is 23.8 Å². The van der Waals surface area contributed by atoms with E-state index >= 15 is 0 Å². The fourth-order valence-electron chi connectivity index (χ4n) is 3.04. The first-order chi connectivity index (χ1) is 11.3. The van der Waals surface area contributed by atoms with E-state index in [4.69, 9.17) is 5.73 Å². The van der Waals surface area contributed by atoms with Gasteiger partial charge in [-0.05, 0) is 31.6 Å². The number of unbranched alkanes of at least 4 members (excludes halogenated alkanes) is 1. The van der Waals surface area contributed by atoms with Crippen LogP contribution in [0.25, 0.3) is 0 Å². The molecule has 8 nitrogen and oxygen atoms in total. The molecular weight excluding hydrogens is 310 g/mol. The summed E-state index contributed by atoms with van der Waals surface area (Å²) in [6.07, 6.45) is 3.96. The van der Waals surface area contributed by atoms with E-state index in [0.29, 0.717) is 19.4 Å². The van der Waals surface area contributed by atoms with Gasteiger partial charge in [-0.25, -0.2) is 0 Å². The highest BCUT2D eigenvalue weighted by Gasteiger charge is 2.38. The highest BCUT2D eigenvalue weighted by molar-refractivity contribution is 5.92. The highest BCUT2D eigenvalue weighted by atomic mass is 16.2. The molecule has 1 aliphatic rings. The second-order valence-corrected chi connectivity index (χ2v) is 6.87. The van der Waals surface area contributed by atoms with Crippen molar-refractivity contribution in [3.8, 4) is 0 Å². The van der Waals surface area contributed by atoms with Crippen LogP contribution in [0.4, 0.5) is 0 Å². The molecule has 8 heteroatoms. The van der Waals surface area contributed by atoms with Crippen molar-refractivity contribution in [3.63, 3.8) is 0 Å². The Balaban J connectivity index is 2.68. The van der Waals surface area contributed by atoms with Gasteiger partial charge in [0.15, 0.2) is 6.04 Å². The molecule has 3 amide bonds. The first kappa shape index (κ1) is 20.4. The zero-order valence-corrected chi connectivity index (χ0v) is 14.9. The van der Waals surface area contributed by atoms with Gasteiger partial charge in [-0.2, -0.15) is 0 Å². The Morgan fingerprint density at radius 2 is 1.96 bits per heavy atom. The van der Waals surface area contributed by atoms with Crippen LogP contribution < -0.4 is 22.5 Å². The monoisotopic (exact) mass is 343 g/mol. The summed E-state index contributed by atoms with van der Waals surface area (Å²) in [6, 6.07) is -1.60. The quantitative estimate of drug-likeness (QED) is 0.347. The van der Waals surface area contributed by atoms with E-state index in [2.05, 4.69) is 16.8 Å². The van der Waals surface area contributed by atoms with Gasteiger partial charge in [-0.3, -0.25) is 14.4 Å². The van der Waals surface area contributed by atoms with E-state index in [1.165, 1.54) is 0 Å². The van der Waals surface area contributed by atoms with E-state index < -0.39 is 18.0 Å². The maximum absolute atomic E-state index is 12.6. The number of nitrogens with zero attached hydrogens (tertiary/aromatic N) is 1. The number of carbonyl (C=O) groups excluding carboxylic acids is 3. The van der Waals surface area contributed by atoms with Crippen molar-refractivity contribution in [2.24, 2.45) is 11.7 Å². The van der Waals surface area contributed by atoms with Crippen molar-refractivity contribution in [1.82, 2.24) is 10.2 Å². The number of quaternary nitrogens is 2. The number of nitrogens with one attached hydrogen (secondary N) is 1. The third kappa shape index (κ3) is 5.45. The standard InChI is InChI=1S/C16H31N5O3/c1-10(2)13(14(19)22)20-15(23)12-7-5-9-21(12)16(24)11(18)6-3-4-8-17/h10-13H,3-9,17-18H2,1-2H3,(H2,19,22)(H,20,23)/p+2/t11-,12+,13-/m0/s1. The summed E-state index contributed by atoms with van der Waals surface area (Å²) >= 11 is 0. The normalized spacial score (nSPS) is 20.0. The van der Waals surface area contributed by atoms with E-state index in [9.17, 15) is 14.4 Å². The van der Waals surface area contributed by atoms with Crippen molar-refractivity contribution < 1.29 is 25.9 Å². The van der Waals surface area contributed by atoms with Gasteiger partial charge in [0.05, 0.1) is 6.54 Å². The molecule has 0 bridgehead atoms. The SMILES string of the molecule is CC(C)[C@H](NC(=O)[C@H]1CCCN1C(=O)[C@@H]([NH3+])CCCC[NH3+])C(N)=O. The molecule has 1 rings (SSSR count). The maximum atomic E-state index is 12.6. The van der Waals surface area contributed by atoms with Crippen LogP contribution in [0.1, 0.15) is 46.0 Å². The van der Waals surface area contributed by atoms with Crippen LogP contribution in [0.3, 0.4) is 0 Å². The van der Waals surface area contributed by atoms with Crippen molar-refractivity contribution >= 4 is 17.7 Å². The molecule has 0 aromatic heterocycles. The Kier molecular flexibility index (Phi) is 8.14. The zero-order chi connectivity index (χ0) is 18.3. The molecule has 0 spiro atoms. The van der Waals surface area contributed by atoms with Crippen molar-refractivity contribution in [2.75, 3.05) is 13.1 Å². The van der Waals surface area contributed by atoms with Crippen LogP contribution in [0, 0.1) is 5.92 Å². The summed E-state index contributed by atoms with van der Waals surface area (Å²) in [7, 11) is 0. The average Bonchev–Trinajstić information content (AvgIpc) is 3.00. The van der Waals surface area contributed by atoms with Crippen LogP contribution in [-0.2, 0) is 14.4 Å². The Labute approximate surface area is 143 Å². The molecule has 1 aliphatic heterocycles. The zero-order valence-electron chi connectivity index (χ0n) is 14.9. The van der Waals surface area contributed by atoms with E-state index in [1.54, 1.807) is 4.90 Å². The molecule has 0 aliphatic carbocycles. The summed E-state index contributed by atoms with van der Waals surface area (Å²) in [5, 5.41) is 2.70. The van der Waals surface area contributed by atoms with Crippen LogP contribution in [0.2, 0.25) is 0 Å². The lowest BCUT2D eigenvalue weighted by Gasteiger charge is -2.27. The molecule has 24 heavy (non-hydrogen) atoms. The van der Waals surface area contributed by atoms with Crippen LogP contribution in [-0.4, -0.2) is 53.8 Å². The molecular formula is C16H33N5O3+2. The second kappa shape index (κ2) is 9.58. The van der Waals surface area contributed by atoms with E-state index in [0.717, 1.165) is 25.8 Å². The molecule has 1 saturated heterocycles. The number of primary amides is 1. The number of amides is 3. The lowest BCUT2D eigenvalue weighted by Crippen LogP contribution is -2.69. The molecule has 1 fully saturated rings. The summed E-state index contributed by atoms with van der Waals surface area (Å²) in [5.74, 6) is -1.04. The number of hydrogen-bond acceptors (Lipinski definition) is 3. The van der Waals surface area contributed by atoms with Crippen LogP contribution >= 0.6 is 0 Å². The second-order valence-electron chi connectivity index (χ2n) is 6.87. The number of carbonyl (C=O) groups is 3. The lowest BCUT2D eigenvalue weighted by atomic mass is 10.0. The number of hydrogen-bond donors (Lipinski definition) is 4. The lowest BCUT2D eigenvalue weighted by molar-refractivity contribution is -0.408. The number of likely N-dealkylation sites (tertiary alicyclic amines) is 1. The van der Waals surface area contributed by atoms with Gasteiger partial charge in [-0.15, -0.1) is 0 Å². The Morgan fingerprint density at radius 1 is 1.29 bits per heavy atom. The molecule has 0 unspecified atom stereocenters. The third-order valence-electron chi connectivity index (χ3n) is 4.51. The van der Waals surface area contributed by atoms with Gasteiger partial charge in [0.25, 0.3) is 5.91 Å². The summed E-state index contributed by atoms with van der Waals surface area (Å²) in [5.41, 5.74) is 13.1. The molecule has 0 aromatic carbocycles. The molecule has 3 atom stereocenters. The molecule has 9 N–H and O–H groups in total. The first-order valence-corrected chi connectivity index (χ1v) is 8.82. The summed E-state index contributed by atoms with van der Waals surface area (Å²) < 4.78 is 0. The molecule has 1 heterocycles.